The summed E-state index contributed by atoms with van der Waals surface area (Å²) in [6.45, 7) is 12.0. The van der Waals surface area contributed by atoms with E-state index in [1.54, 1.807) is 18.7 Å². The van der Waals surface area contributed by atoms with Crippen LogP contribution in [0.1, 0.15) is 34.6 Å². The molecule has 0 N–H and O–H groups in total. The van der Waals surface area contributed by atoms with Crippen molar-refractivity contribution < 1.29 is 19.1 Å². The molecule has 146 valence electrons. The van der Waals surface area contributed by atoms with Crippen molar-refractivity contribution in [1.29, 1.82) is 0 Å². The Morgan fingerprint density at radius 3 is 2.36 bits per heavy atom. The van der Waals surface area contributed by atoms with Gasteiger partial charge in [0.1, 0.15) is 27.6 Å². The van der Waals surface area contributed by atoms with Crippen LogP contribution in [-0.4, -0.2) is 53.2 Å². The number of nitrogens with zero attached hydrogens (tertiary/aromatic N) is 1. The highest BCUT2D eigenvalue weighted by Crippen LogP contribution is 2.43. The fourth-order valence-corrected chi connectivity index (χ4v) is 6.66. The van der Waals surface area contributed by atoms with Crippen LogP contribution in [0.15, 0.2) is 0 Å². The first-order valence-corrected chi connectivity index (χ1v) is 12.6. The first-order chi connectivity index (χ1) is 11.3. The number of amides is 1. The fraction of sp³-hybridized carbons (Fsp3) is 0.867. The van der Waals surface area contributed by atoms with Crippen LogP contribution in [-0.2, 0) is 14.3 Å². The Kier molecular flexibility index (Phi) is 8.28. The third-order valence-corrected chi connectivity index (χ3v) is 9.93. The number of β-lactam (4-membered cyclic amide) rings is 1. The highest BCUT2D eigenvalue weighted by atomic mass is 35.6. The van der Waals surface area contributed by atoms with Gasteiger partial charge in [-0.2, -0.15) is 0 Å². The first-order valence-electron chi connectivity index (χ1n) is 8.13. The van der Waals surface area contributed by atoms with E-state index < -0.39 is 31.6 Å². The van der Waals surface area contributed by atoms with Crippen LogP contribution in [0.5, 0.6) is 0 Å². The Bertz CT molecular complexity index is 498. The molecule has 0 aliphatic carbocycles. The molecule has 1 saturated heterocycles. The Morgan fingerprint density at radius 2 is 1.92 bits per heavy atom. The number of halogens is 3. The molecule has 1 amide bonds. The normalized spacial score (nSPS) is 23.7. The van der Waals surface area contributed by atoms with Crippen LogP contribution in [0.4, 0.5) is 4.79 Å². The van der Waals surface area contributed by atoms with E-state index in [-0.39, 0.29) is 22.2 Å². The molecular weight excluding hydrogens is 425 g/mol. The van der Waals surface area contributed by atoms with Crippen LogP contribution in [0, 0.1) is 5.92 Å². The molecule has 5 nitrogen and oxygen atoms in total. The van der Waals surface area contributed by atoms with Crippen molar-refractivity contribution in [2.75, 3.05) is 12.4 Å². The number of carbonyl (C=O) groups excluding carboxylic acids is 2. The quantitative estimate of drug-likeness (QED) is 0.256. The predicted octanol–water partition coefficient (Wildman–Crippen LogP) is 4.59. The van der Waals surface area contributed by atoms with Gasteiger partial charge in [0.25, 0.3) is 0 Å². The summed E-state index contributed by atoms with van der Waals surface area (Å²) in [6.07, 6.45) is -1.54. The highest BCUT2D eigenvalue weighted by molar-refractivity contribution is 8.00. The molecule has 0 aromatic carbocycles. The lowest BCUT2D eigenvalue weighted by molar-refractivity contribution is -0.149. The van der Waals surface area contributed by atoms with E-state index in [1.165, 1.54) is 0 Å². The molecule has 25 heavy (non-hydrogen) atoms. The van der Waals surface area contributed by atoms with Crippen molar-refractivity contribution in [2.45, 2.75) is 61.5 Å². The second-order valence-corrected chi connectivity index (χ2v) is 14.7. The van der Waals surface area contributed by atoms with Gasteiger partial charge in [0, 0.05) is 0 Å². The van der Waals surface area contributed by atoms with Crippen LogP contribution in [0.3, 0.4) is 0 Å². The van der Waals surface area contributed by atoms with Gasteiger partial charge in [-0.25, -0.2) is 4.79 Å². The van der Waals surface area contributed by atoms with Gasteiger partial charge < -0.3 is 14.0 Å². The molecule has 1 rings (SSSR count). The summed E-state index contributed by atoms with van der Waals surface area (Å²) >= 11 is 18.3. The maximum Gasteiger partial charge on any atom is 0.508 e. The summed E-state index contributed by atoms with van der Waals surface area (Å²) in [6, 6.07) is 0. The van der Waals surface area contributed by atoms with Gasteiger partial charge in [0.2, 0.25) is 9.70 Å². The van der Waals surface area contributed by atoms with Crippen molar-refractivity contribution in [1.82, 2.24) is 4.57 Å². The lowest BCUT2D eigenvalue weighted by Gasteiger charge is -2.54. The lowest BCUT2D eigenvalue weighted by atomic mass is 9.95. The average Bonchev–Trinajstić information content (AvgIpc) is 2.43. The summed E-state index contributed by atoms with van der Waals surface area (Å²) < 4.78 is 10.3. The second kappa shape index (κ2) is 8.91. The fourth-order valence-electron chi connectivity index (χ4n) is 2.53. The number of alkyl halides is 3. The van der Waals surface area contributed by atoms with Gasteiger partial charge in [0.15, 0.2) is 0 Å². The van der Waals surface area contributed by atoms with E-state index in [1.807, 2.05) is 11.5 Å². The Labute approximate surface area is 170 Å². The monoisotopic (exact) mass is 449 g/mol. The van der Waals surface area contributed by atoms with Gasteiger partial charge in [0.05, 0.1) is 5.37 Å². The Hall–Kier alpha value is 0.177. The molecule has 1 heterocycles. The molecule has 0 radical (unpaired) electrons. The van der Waals surface area contributed by atoms with E-state index in [2.05, 4.69) is 27.3 Å². The standard InChI is InChI=1S/C15H26Cl3NO4SSi/c1-7-24-12-10(11(20)19(12)25(6)14(3,4)5)9(2)23-13(21)22-8-15(16,17)18/h9-10,12,25H,7-8H2,1-6H3. The molecule has 0 spiro atoms. The van der Waals surface area contributed by atoms with Crippen molar-refractivity contribution in [2.24, 2.45) is 5.92 Å². The topological polar surface area (TPSA) is 55.8 Å². The minimum absolute atomic E-state index is 0.0226. The Balaban J connectivity index is 2.73. The van der Waals surface area contributed by atoms with Crippen molar-refractivity contribution in [3.63, 3.8) is 0 Å². The number of hydrogen-bond acceptors (Lipinski definition) is 5. The molecule has 0 bridgehead atoms. The third-order valence-electron chi connectivity index (χ3n) is 4.27. The summed E-state index contributed by atoms with van der Waals surface area (Å²) in [5.41, 5.74) is 0. The number of thioether (sulfide) groups is 1. The van der Waals surface area contributed by atoms with Crippen LogP contribution < -0.4 is 0 Å². The largest absolute Gasteiger partial charge is 0.508 e. The smallest absolute Gasteiger partial charge is 0.430 e. The summed E-state index contributed by atoms with van der Waals surface area (Å²) in [4.78, 5) is 24.5. The van der Waals surface area contributed by atoms with Gasteiger partial charge in [-0.05, 0) is 17.7 Å². The molecule has 0 aromatic heterocycles. The number of carbonyl (C=O) groups is 2. The van der Waals surface area contributed by atoms with Crippen LogP contribution in [0.25, 0.3) is 0 Å². The molecular formula is C15H26Cl3NO4SSi. The minimum atomic E-state index is -1.69. The molecule has 0 saturated carbocycles. The molecule has 4 unspecified atom stereocenters. The number of rotatable bonds is 6. The maximum atomic E-state index is 12.7. The molecule has 1 aliphatic rings. The van der Waals surface area contributed by atoms with Gasteiger partial charge in [-0.3, -0.25) is 4.79 Å². The molecule has 1 fully saturated rings. The van der Waals surface area contributed by atoms with Gasteiger partial charge in [-0.1, -0.05) is 69.0 Å². The van der Waals surface area contributed by atoms with Gasteiger partial charge >= 0.3 is 6.16 Å². The first kappa shape index (κ1) is 23.2. The molecule has 1 aliphatic heterocycles. The zero-order valence-corrected chi connectivity index (χ0v) is 19.6. The predicted molar refractivity (Wildman–Crippen MR) is 107 cm³/mol. The van der Waals surface area contributed by atoms with E-state index in [9.17, 15) is 9.59 Å². The van der Waals surface area contributed by atoms with Crippen molar-refractivity contribution >= 4 is 67.6 Å². The Morgan fingerprint density at radius 1 is 1.36 bits per heavy atom. The number of ether oxygens (including phenoxy) is 2. The second-order valence-electron chi connectivity index (χ2n) is 7.14. The maximum absolute atomic E-state index is 12.7. The van der Waals surface area contributed by atoms with E-state index in [0.717, 1.165) is 5.75 Å². The van der Waals surface area contributed by atoms with Crippen molar-refractivity contribution in [3.05, 3.63) is 0 Å². The summed E-state index contributed by atoms with van der Waals surface area (Å²) in [7, 11) is -1.46. The average molecular weight is 451 g/mol. The van der Waals surface area contributed by atoms with E-state index >= 15 is 0 Å². The van der Waals surface area contributed by atoms with Crippen molar-refractivity contribution in [3.8, 4) is 0 Å². The lowest BCUT2D eigenvalue weighted by Crippen LogP contribution is -2.68. The summed E-state index contributed by atoms with van der Waals surface area (Å²) in [5.74, 6) is 0.546. The molecule has 4 atom stereocenters. The minimum Gasteiger partial charge on any atom is -0.430 e. The highest BCUT2D eigenvalue weighted by Gasteiger charge is 2.54. The molecule has 10 heteroatoms. The van der Waals surface area contributed by atoms with Crippen LogP contribution >= 0.6 is 46.6 Å². The SMILES string of the molecule is CCSC1C(C(C)OC(=O)OCC(Cl)(Cl)Cl)C(=O)N1[SiH](C)C(C)(C)C. The third kappa shape index (κ3) is 6.38. The van der Waals surface area contributed by atoms with E-state index in [4.69, 9.17) is 44.3 Å². The summed E-state index contributed by atoms with van der Waals surface area (Å²) in [5, 5.41) is 0.120. The molecule has 0 aromatic rings. The van der Waals surface area contributed by atoms with Crippen LogP contribution in [0.2, 0.25) is 11.6 Å². The van der Waals surface area contributed by atoms with Gasteiger partial charge in [-0.15, -0.1) is 11.8 Å². The zero-order valence-electron chi connectivity index (χ0n) is 15.3. The zero-order chi connectivity index (χ0) is 19.6. The van der Waals surface area contributed by atoms with E-state index in [0.29, 0.717) is 0 Å². The number of hydrogen-bond donors (Lipinski definition) is 0.